The van der Waals surface area contributed by atoms with Gasteiger partial charge in [-0.1, -0.05) is 12.0 Å². The Bertz CT molecular complexity index is 685. The Labute approximate surface area is 123 Å². The normalized spacial score (nSPS) is 9.43. The molecule has 2 aromatic rings. The van der Waals surface area contributed by atoms with E-state index in [2.05, 4.69) is 22.1 Å². The van der Waals surface area contributed by atoms with Gasteiger partial charge in [-0.05, 0) is 42.3 Å². The van der Waals surface area contributed by atoms with Crippen molar-refractivity contribution >= 4 is 11.7 Å². The molecular weight excluding hydrogens is 266 g/mol. The summed E-state index contributed by atoms with van der Waals surface area (Å²) in [5.41, 5.74) is 6.40. The number of carbonyl (C=O) groups excluding carboxylic acids is 1. The number of nitrogens with two attached hydrogens (primary N) is 1. The summed E-state index contributed by atoms with van der Waals surface area (Å²) in [4.78, 5) is 16.3. The highest BCUT2D eigenvalue weighted by Crippen LogP contribution is 2.13. The Hall–Kier alpha value is -2.84. The van der Waals surface area contributed by atoms with Crippen LogP contribution < -0.4 is 15.8 Å². The van der Waals surface area contributed by atoms with E-state index in [0.29, 0.717) is 22.8 Å². The third-order valence-electron chi connectivity index (χ3n) is 2.66. The van der Waals surface area contributed by atoms with Gasteiger partial charge in [0.2, 0.25) is 0 Å². The number of aromatic nitrogens is 1. The third kappa shape index (κ3) is 4.06. The van der Waals surface area contributed by atoms with E-state index in [1.165, 1.54) is 0 Å². The van der Waals surface area contributed by atoms with Crippen LogP contribution in [0.25, 0.3) is 0 Å². The van der Waals surface area contributed by atoms with Crippen LogP contribution >= 0.6 is 0 Å². The number of anilines is 1. The van der Waals surface area contributed by atoms with Crippen LogP contribution in [0.3, 0.4) is 0 Å². The summed E-state index contributed by atoms with van der Waals surface area (Å²) in [5, 5.41) is 2.72. The van der Waals surface area contributed by atoms with Gasteiger partial charge in [-0.15, -0.1) is 0 Å². The van der Waals surface area contributed by atoms with Crippen LogP contribution in [0.4, 0.5) is 5.82 Å². The smallest absolute Gasteiger partial charge is 0.256 e. The fourth-order valence-corrected chi connectivity index (χ4v) is 1.65. The van der Waals surface area contributed by atoms with Gasteiger partial charge in [0, 0.05) is 5.56 Å². The molecule has 5 nitrogen and oxygen atoms in total. The molecule has 0 radical (unpaired) electrons. The average Bonchev–Trinajstić information content (AvgIpc) is 2.53. The summed E-state index contributed by atoms with van der Waals surface area (Å²) in [5.74, 6) is 6.44. The number of nitrogens with zero attached hydrogens (tertiary/aromatic N) is 1. The van der Waals surface area contributed by atoms with Gasteiger partial charge < -0.3 is 15.8 Å². The summed E-state index contributed by atoms with van der Waals surface area (Å²) in [6, 6.07) is 12.1. The number of carbonyl (C=O) groups is 1. The second kappa shape index (κ2) is 7.08. The van der Waals surface area contributed by atoms with Gasteiger partial charge in [-0.2, -0.15) is 0 Å². The van der Waals surface area contributed by atoms with Gasteiger partial charge in [0.1, 0.15) is 17.3 Å². The minimum Gasteiger partial charge on any atom is -0.497 e. The lowest BCUT2D eigenvalue weighted by molar-refractivity contribution is 0.102. The minimum atomic E-state index is -0.242. The second-order valence-corrected chi connectivity index (χ2v) is 4.10. The molecule has 0 aliphatic rings. The summed E-state index contributed by atoms with van der Waals surface area (Å²) >= 11 is 0. The highest BCUT2D eigenvalue weighted by atomic mass is 16.5. The van der Waals surface area contributed by atoms with Gasteiger partial charge in [-0.3, -0.25) is 4.79 Å². The molecule has 0 aliphatic carbocycles. The van der Waals surface area contributed by atoms with Gasteiger partial charge in [0.05, 0.1) is 13.7 Å². The van der Waals surface area contributed by atoms with Gasteiger partial charge >= 0.3 is 0 Å². The van der Waals surface area contributed by atoms with E-state index in [-0.39, 0.29) is 12.5 Å². The topological polar surface area (TPSA) is 77.2 Å². The molecule has 21 heavy (non-hydrogen) atoms. The van der Waals surface area contributed by atoms with Crippen molar-refractivity contribution in [2.45, 2.75) is 0 Å². The van der Waals surface area contributed by atoms with Crippen molar-refractivity contribution < 1.29 is 9.53 Å². The van der Waals surface area contributed by atoms with Crippen LogP contribution in [-0.2, 0) is 0 Å². The molecule has 5 heteroatoms. The first-order chi connectivity index (χ1) is 10.2. The summed E-state index contributed by atoms with van der Waals surface area (Å²) < 4.78 is 5.05. The highest BCUT2D eigenvalue weighted by Gasteiger charge is 2.07. The molecule has 0 saturated carbocycles. The molecule has 1 heterocycles. The van der Waals surface area contributed by atoms with Crippen LogP contribution in [0.15, 0.2) is 42.5 Å². The van der Waals surface area contributed by atoms with Crippen molar-refractivity contribution in [3.63, 3.8) is 0 Å². The Morgan fingerprint density at radius 1 is 1.29 bits per heavy atom. The van der Waals surface area contributed by atoms with E-state index in [9.17, 15) is 4.79 Å². The molecule has 0 saturated heterocycles. The lowest BCUT2D eigenvalue weighted by Gasteiger charge is -2.05. The number of amides is 1. The molecular formula is C16H15N3O2. The van der Waals surface area contributed by atoms with E-state index in [1.807, 2.05) is 0 Å². The first-order valence-electron chi connectivity index (χ1n) is 6.34. The van der Waals surface area contributed by atoms with Gasteiger partial charge in [0.25, 0.3) is 5.91 Å². The zero-order chi connectivity index (χ0) is 15.1. The van der Waals surface area contributed by atoms with Crippen LogP contribution in [0, 0.1) is 11.8 Å². The van der Waals surface area contributed by atoms with E-state index in [0.717, 1.165) is 0 Å². The molecule has 0 unspecified atom stereocenters. The van der Waals surface area contributed by atoms with E-state index in [4.69, 9.17) is 10.5 Å². The summed E-state index contributed by atoms with van der Waals surface area (Å²) in [7, 11) is 1.58. The number of pyridine rings is 1. The summed E-state index contributed by atoms with van der Waals surface area (Å²) in [6.45, 7) is 0.268. The Morgan fingerprint density at radius 3 is 2.71 bits per heavy atom. The van der Waals surface area contributed by atoms with E-state index < -0.39 is 0 Å². The molecule has 0 atom stereocenters. The zero-order valence-electron chi connectivity index (χ0n) is 11.6. The molecule has 1 amide bonds. The monoisotopic (exact) mass is 281 g/mol. The standard InChI is InChI=1S/C16H15N3O2/c1-21-14-9-7-12(8-10-14)16(20)19-15-6-2-4-13(18-15)5-3-11-17/h2,4,6-10H,11,17H2,1H3,(H,18,19,20). The number of benzene rings is 1. The maximum Gasteiger partial charge on any atom is 0.256 e. The number of rotatable bonds is 3. The highest BCUT2D eigenvalue weighted by molar-refractivity contribution is 6.03. The predicted octanol–water partition coefficient (Wildman–Crippen LogP) is 1.65. The third-order valence-corrected chi connectivity index (χ3v) is 2.66. The van der Waals surface area contributed by atoms with Crippen LogP contribution in [-0.4, -0.2) is 24.5 Å². The summed E-state index contributed by atoms with van der Waals surface area (Å²) in [6.07, 6.45) is 0. The first kappa shape index (κ1) is 14.6. The minimum absolute atomic E-state index is 0.242. The Balaban J connectivity index is 2.11. The SMILES string of the molecule is COc1ccc(C(=O)Nc2cccc(C#CCN)n2)cc1. The molecule has 1 aromatic carbocycles. The Kier molecular flexibility index (Phi) is 4.91. The molecule has 106 valence electrons. The van der Waals surface area contributed by atoms with Crippen LogP contribution in [0.2, 0.25) is 0 Å². The maximum absolute atomic E-state index is 12.1. The molecule has 0 bridgehead atoms. The molecule has 2 rings (SSSR count). The number of hydrogen-bond donors (Lipinski definition) is 2. The van der Waals surface area contributed by atoms with Crippen LogP contribution in [0.1, 0.15) is 16.1 Å². The Morgan fingerprint density at radius 2 is 2.05 bits per heavy atom. The van der Waals surface area contributed by atoms with Crippen molar-refractivity contribution in [1.29, 1.82) is 0 Å². The average molecular weight is 281 g/mol. The maximum atomic E-state index is 12.1. The quantitative estimate of drug-likeness (QED) is 0.839. The first-order valence-corrected chi connectivity index (χ1v) is 6.34. The fraction of sp³-hybridized carbons (Fsp3) is 0.125. The second-order valence-electron chi connectivity index (χ2n) is 4.10. The lowest BCUT2D eigenvalue weighted by Crippen LogP contribution is -2.13. The number of nitrogens with one attached hydrogen (secondary N) is 1. The molecule has 0 fully saturated rings. The predicted molar refractivity (Wildman–Crippen MR) is 81.1 cm³/mol. The lowest BCUT2D eigenvalue weighted by atomic mass is 10.2. The number of ether oxygens (including phenoxy) is 1. The van der Waals surface area contributed by atoms with Gasteiger partial charge in [0.15, 0.2) is 0 Å². The van der Waals surface area contributed by atoms with Crippen molar-refractivity contribution in [3.05, 3.63) is 53.7 Å². The van der Waals surface area contributed by atoms with Crippen molar-refractivity contribution in [2.24, 2.45) is 5.73 Å². The fourth-order valence-electron chi connectivity index (χ4n) is 1.65. The number of hydrogen-bond acceptors (Lipinski definition) is 4. The molecule has 0 spiro atoms. The number of methoxy groups -OCH3 is 1. The van der Waals surface area contributed by atoms with E-state index in [1.54, 1.807) is 49.6 Å². The van der Waals surface area contributed by atoms with Crippen LogP contribution in [0.5, 0.6) is 5.75 Å². The molecule has 3 N–H and O–H groups in total. The zero-order valence-corrected chi connectivity index (χ0v) is 11.6. The van der Waals surface area contributed by atoms with E-state index >= 15 is 0 Å². The molecule has 0 aliphatic heterocycles. The van der Waals surface area contributed by atoms with Crippen molar-refractivity contribution in [3.8, 4) is 17.6 Å². The molecule has 1 aromatic heterocycles. The van der Waals surface area contributed by atoms with Crippen molar-refractivity contribution in [1.82, 2.24) is 4.98 Å². The van der Waals surface area contributed by atoms with Crippen molar-refractivity contribution in [2.75, 3.05) is 19.0 Å². The van der Waals surface area contributed by atoms with Gasteiger partial charge in [-0.25, -0.2) is 4.98 Å². The largest absolute Gasteiger partial charge is 0.497 e.